The van der Waals surface area contributed by atoms with Crippen molar-refractivity contribution in [3.8, 4) is 5.75 Å². The summed E-state index contributed by atoms with van der Waals surface area (Å²) >= 11 is 0. The molecule has 1 atom stereocenters. The van der Waals surface area contributed by atoms with E-state index in [1.807, 2.05) is 11.0 Å². The zero-order chi connectivity index (χ0) is 14.8. The van der Waals surface area contributed by atoms with Crippen LogP contribution in [0.2, 0.25) is 0 Å². The molecule has 1 unspecified atom stereocenters. The number of fused-ring (bicyclic) bond motifs is 1. The maximum atomic E-state index is 12.8. The fourth-order valence-electron chi connectivity index (χ4n) is 3.46. The van der Waals surface area contributed by atoms with Gasteiger partial charge in [0.1, 0.15) is 0 Å². The van der Waals surface area contributed by atoms with Gasteiger partial charge in [-0.25, -0.2) is 0 Å². The van der Waals surface area contributed by atoms with Crippen LogP contribution in [0.25, 0.3) is 0 Å². The molecule has 2 fully saturated rings. The number of anilines is 1. The van der Waals surface area contributed by atoms with E-state index in [1.54, 1.807) is 19.2 Å². The Bertz CT molecular complexity index is 532. The molecule has 0 spiro atoms. The molecule has 5 nitrogen and oxygen atoms in total. The van der Waals surface area contributed by atoms with Crippen LogP contribution in [0, 0.1) is 0 Å². The first kappa shape index (κ1) is 14.2. The second kappa shape index (κ2) is 5.93. The normalized spacial score (nSPS) is 22.7. The SMILES string of the molecule is COc1c(N)cccc1C(=O)N1CCN2CCCCC2C1. The minimum absolute atomic E-state index is 0.0318. The van der Waals surface area contributed by atoms with Crippen molar-refractivity contribution in [1.29, 1.82) is 0 Å². The van der Waals surface area contributed by atoms with E-state index in [9.17, 15) is 4.79 Å². The molecule has 2 N–H and O–H groups in total. The quantitative estimate of drug-likeness (QED) is 0.840. The van der Waals surface area contributed by atoms with Crippen molar-refractivity contribution >= 4 is 11.6 Å². The fourth-order valence-corrected chi connectivity index (χ4v) is 3.46. The number of nitrogens with zero attached hydrogens (tertiary/aromatic N) is 2. The van der Waals surface area contributed by atoms with Gasteiger partial charge in [0.2, 0.25) is 0 Å². The number of ether oxygens (including phenoxy) is 1. The van der Waals surface area contributed by atoms with Crippen molar-refractivity contribution in [3.05, 3.63) is 23.8 Å². The summed E-state index contributed by atoms with van der Waals surface area (Å²) in [5.74, 6) is 0.526. The van der Waals surface area contributed by atoms with Crippen LogP contribution in [0.3, 0.4) is 0 Å². The first-order chi connectivity index (χ1) is 10.2. The van der Waals surface area contributed by atoms with Crippen molar-refractivity contribution < 1.29 is 9.53 Å². The molecule has 0 aromatic heterocycles. The number of amides is 1. The van der Waals surface area contributed by atoms with Gasteiger partial charge in [-0.2, -0.15) is 0 Å². The first-order valence-electron chi connectivity index (χ1n) is 7.66. The number of nitrogens with two attached hydrogens (primary N) is 1. The Morgan fingerprint density at radius 3 is 2.95 bits per heavy atom. The molecule has 0 aliphatic carbocycles. The highest BCUT2D eigenvalue weighted by molar-refractivity contribution is 5.98. The maximum Gasteiger partial charge on any atom is 0.257 e. The molecule has 5 heteroatoms. The van der Waals surface area contributed by atoms with Crippen molar-refractivity contribution in [2.45, 2.75) is 25.3 Å². The third-order valence-corrected chi connectivity index (χ3v) is 4.60. The van der Waals surface area contributed by atoms with Gasteiger partial charge in [0.15, 0.2) is 5.75 Å². The zero-order valence-corrected chi connectivity index (χ0v) is 12.5. The Labute approximate surface area is 125 Å². The Hall–Kier alpha value is -1.75. The first-order valence-corrected chi connectivity index (χ1v) is 7.66. The summed E-state index contributed by atoms with van der Waals surface area (Å²) in [4.78, 5) is 17.2. The van der Waals surface area contributed by atoms with Crippen molar-refractivity contribution in [3.63, 3.8) is 0 Å². The molecule has 1 aromatic carbocycles. The summed E-state index contributed by atoms with van der Waals surface area (Å²) in [7, 11) is 1.56. The molecule has 1 amide bonds. The molecule has 1 aromatic rings. The Morgan fingerprint density at radius 1 is 1.29 bits per heavy atom. The lowest BCUT2D eigenvalue weighted by Gasteiger charge is -2.44. The highest BCUT2D eigenvalue weighted by Gasteiger charge is 2.32. The number of rotatable bonds is 2. The fraction of sp³-hybridized carbons (Fsp3) is 0.562. The van der Waals surface area contributed by atoms with Gasteiger partial charge in [0, 0.05) is 25.7 Å². The van der Waals surface area contributed by atoms with Gasteiger partial charge in [-0.1, -0.05) is 12.5 Å². The van der Waals surface area contributed by atoms with Gasteiger partial charge in [-0.3, -0.25) is 9.69 Å². The monoisotopic (exact) mass is 289 g/mol. The highest BCUT2D eigenvalue weighted by Crippen LogP contribution is 2.28. The van der Waals surface area contributed by atoms with Crippen LogP contribution in [0.4, 0.5) is 5.69 Å². The predicted octanol–water partition coefficient (Wildman–Crippen LogP) is 1.59. The summed E-state index contributed by atoms with van der Waals surface area (Å²) in [6, 6.07) is 5.88. The summed E-state index contributed by atoms with van der Waals surface area (Å²) in [6.07, 6.45) is 3.75. The van der Waals surface area contributed by atoms with Gasteiger partial charge in [0.25, 0.3) is 5.91 Å². The van der Waals surface area contributed by atoms with Gasteiger partial charge in [0.05, 0.1) is 18.4 Å². The number of piperazine rings is 1. The van der Waals surface area contributed by atoms with E-state index in [0.29, 0.717) is 23.0 Å². The van der Waals surface area contributed by atoms with Crippen LogP contribution in [-0.4, -0.2) is 55.0 Å². The largest absolute Gasteiger partial charge is 0.494 e. The molecular formula is C16H23N3O2. The van der Waals surface area contributed by atoms with Gasteiger partial charge in [-0.05, 0) is 31.5 Å². The summed E-state index contributed by atoms with van der Waals surface area (Å²) in [5.41, 5.74) is 6.99. The molecule has 2 aliphatic rings. The average Bonchev–Trinajstić information content (AvgIpc) is 2.53. The van der Waals surface area contributed by atoms with E-state index in [4.69, 9.17) is 10.5 Å². The number of benzene rings is 1. The smallest absolute Gasteiger partial charge is 0.257 e. The molecule has 0 radical (unpaired) electrons. The van der Waals surface area contributed by atoms with Gasteiger partial charge >= 0.3 is 0 Å². The number of hydrogen-bond acceptors (Lipinski definition) is 4. The zero-order valence-electron chi connectivity index (χ0n) is 12.5. The van der Waals surface area contributed by atoms with E-state index < -0.39 is 0 Å². The number of carbonyl (C=O) groups is 1. The lowest BCUT2D eigenvalue weighted by molar-refractivity contribution is 0.0370. The van der Waals surface area contributed by atoms with E-state index >= 15 is 0 Å². The molecule has 2 heterocycles. The summed E-state index contributed by atoms with van der Waals surface area (Å²) in [5, 5.41) is 0. The van der Waals surface area contributed by atoms with E-state index in [1.165, 1.54) is 25.8 Å². The Balaban J connectivity index is 1.78. The van der Waals surface area contributed by atoms with Crippen molar-refractivity contribution in [1.82, 2.24) is 9.80 Å². The number of piperidine rings is 1. The highest BCUT2D eigenvalue weighted by atomic mass is 16.5. The topological polar surface area (TPSA) is 58.8 Å². The van der Waals surface area contributed by atoms with Crippen molar-refractivity contribution in [2.24, 2.45) is 0 Å². The predicted molar refractivity (Wildman–Crippen MR) is 82.5 cm³/mol. The van der Waals surface area contributed by atoms with Crippen LogP contribution < -0.4 is 10.5 Å². The average molecular weight is 289 g/mol. The molecule has 21 heavy (non-hydrogen) atoms. The molecule has 3 rings (SSSR count). The Kier molecular flexibility index (Phi) is 4.01. The van der Waals surface area contributed by atoms with E-state index in [0.717, 1.165) is 19.6 Å². The summed E-state index contributed by atoms with van der Waals surface area (Å²) < 4.78 is 5.31. The van der Waals surface area contributed by atoms with Crippen LogP contribution in [-0.2, 0) is 0 Å². The standard InChI is InChI=1S/C16H23N3O2/c1-21-15-13(6-4-7-14(15)17)16(20)19-10-9-18-8-3-2-5-12(18)11-19/h4,6-7,12H,2-3,5,8-11,17H2,1H3. The molecule has 0 saturated carbocycles. The Morgan fingerprint density at radius 2 is 2.14 bits per heavy atom. The number of nitrogen functional groups attached to an aromatic ring is 1. The molecule has 114 valence electrons. The minimum Gasteiger partial charge on any atom is -0.494 e. The molecule has 0 bridgehead atoms. The van der Waals surface area contributed by atoms with Gasteiger partial charge in [-0.15, -0.1) is 0 Å². The maximum absolute atomic E-state index is 12.8. The van der Waals surface area contributed by atoms with E-state index in [2.05, 4.69) is 4.90 Å². The lowest BCUT2D eigenvalue weighted by Crippen LogP contribution is -2.56. The molecule has 2 saturated heterocycles. The summed E-state index contributed by atoms with van der Waals surface area (Å²) in [6.45, 7) is 3.75. The molecule has 2 aliphatic heterocycles. The van der Waals surface area contributed by atoms with Crippen molar-refractivity contribution in [2.75, 3.05) is 39.0 Å². The third kappa shape index (κ3) is 2.70. The van der Waals surface area contributed by atoms with Crippen LogP contribution in [0.5, 0.6) is 5.75 Å². The third-order valence-electron chi connectivity index (χ3n) is 4.60. The van der Waals surface area contributed by atoms with Crippen LogP contribution >= 0.6 is 0 Å². The lowest BCUT2D eigenvalue weighted by atomic mass is 9.99. The van der Waals surface area contributed by atoms with E-state index in [-0.39, 0.29) is 5.91 Å². The number of carbonyl (C=O) groups excluding carboxylic acids is 1. The number of hydrogen-bond donors (Lipinski definition) is 1. The minimum atomic E-state index is 0.0318. The van der Waals surface area contributed by atoms with Crippen LogP contribution in [0.1, 0.15) is 29.6 Å². The number of para-hydroxylation sites is 1. The second-order valence-corrected chi connectivity index (χ2v) is 5.86. The van der Waals surface area contributed by atoms with Crippen LogP contribution in [0.15, 0.2) is 18.2 Å². The number of methoxy groups -OCH3 is 1. The molecular weight excluding hydrogens is 266 g/mol. The van der Waals surface area contributed by atoms with Gasteiger partial charge < -0.3 is 15.4 Å². The second-order valence-electron chi connectivity index (χ2n) is 5.86.